The van der Waals surface area contributed by atoms with Crippen molar-refractivity contribution in [2.45, 2.75) is 32.4 Å². The number of hydrogen-bond acceptors (Lipinski definition) is 5. The maximum absolute atomic E-state index is 12.5. The molecule has 0 aliphatic carbocycles. The van der Waals surface area contributed by atoms with Gasteiger partial charge in [0.15, 0.2) is 0 Å². The van der Waals surface area contributed by atoms with Crippen molar-refractivity contribution in [1.29, 1.82) is 0 Å². The molecule has 1 aliphatic rings. The molecule has 0 spiro atoms. The van der Waals surface area contributed by atoms with Crippen molar-refractivity contribution in [2.75, 3.05) is 11.5 Å². The monoisotopic (exact) mass is 328 g/mol. The van der Waals surface area contributed by atoms with Crippen LogP contribution in [0.4, 0.5) is 5.69 Å². The minimum Gasteiger partial charge on any atom is -0.494 e. The zero-order chi connectivity index (χ0) is 16.9. The van der Waals surface area contributed by atoms with E-state index in [0.29, 0.717) is 18.8 Å². The molecule has 1 atom stereocenters. The number of nitrogens with one attached hydrogen (secondary N) is 1. The highest BCUT2D eigenvalue weighted by atomic mass is 16.5. The molecular weight excluding hydrogens is 308 g/mol. The Morgan fingerprint density at radius 1 is 1.25 bits per heavy atom. The molecule has 1 aromatic carbocycles. The largest absolute Gasteiger partial charge is 0.494 e. The first kappa shape index (κ1) is 16.3. The predicted octanol–water partition coefficient (Wildman–Crippen LogP) is 2.49. The van der Waals surface area contributed by atoms with E-state index in [-0.39, 0.29) is 18.2 Å². The summed E-state index contributed by atoms with van der Waals surface area (Å²) in [6.07, 6.45) is 2.65. The molecule has 1 N–H and O–H groups in total. The van der Waals surface area contributed by atoms with Crippen molar-refractivity contribution in [1.82, 2.24) is 5.32 Å². The summed E-state index contributed by atoms with van der Waals surface area (Å²) >= 11 is 0. The highest BCUT2D eigenvalue weighted by molar-refractivity contribution is 6.22. The number of ether oxygens (including phenoxy) is 1. The summed E-state index contributed by atoms with van der Waals surface area (Å²) in [5.74, 6) is 1.01. The fraction of sp³-hybridized carbons (Fsp3) is 0.333. The third-order valence-electron chi connectivity index (χ3n) is 3.82. The minimum atomic E-state index is -0.529. The number of hydrogen-bond donors (Lipinski definition) is 1. The summed E-state index contributed by atoms with van der Waals surface area (Å²) in [5, 5.41) is 3.07. The van der Waals surface area contributed by atoms with Crippen LogP contribution in [0.25, 0.3) is 0 Å². The lowest BCUT2D eigenvalue weighted by atomic mass is 10.2. The van der Waals surface area contributed by atoms with E-state index in [4.69, 9.17) is 9.15 Å². The molecule has 0 bridgehead atoms. The molecule has 0 unspecified atom stereocenters. The number of furan rings is 1. The summed E-state index contributed by atoms with van der Waals surface area (Å²) in [4.78, 5) is 26.0. The van der Waals surface area contributed by atoms with E-state index in [0.717, 1.165) is 17.9 Å². The molecule has 3 rings (SSSR count). The van der Waals surface area contributed by atoms with Gasteiger partial charge in [0, 0.05) is 0 Å². The average Bonchev–Trinajstić information content (AvgIpc) is 3.20. The lowest BCUT2D eigenvalue weighted by Crippen LogP contribution is -2.38. The molecule has 126 valence electrons. The Morgan fingerprint density at radius 2 is 2.04 bits per heavy atom. The molecule has 6 nitrogen and oxygen atoms in total. The van der Waals surface area contributed by atoms with E-state index in [1.807, 2.05) is 13.0 Å². The van der Waals surface area contributed by atoms with Gasteiger partial charge in [0.2, 0.25) is 5.91 Å². The average molecular weight is 328 g/mol. The van der Waals surface area contributed by atoms with E-state index in [9.17, 15) is 9.59 Å². The summed E-state index contributed by atoms with van der Waals surface area (Å²) in [5.41, 5.74) is 0.566. The Bertz CT molecular complexity index is 694. The first-order valence-electron chi connectivity index (χ1n) is 8.04. The van der Waals surface area contributed by atoms with Gasteiger partial charge in [-0.3, -0.25) is 14.9 Å². The molecule has 1 aliphatic heterocycles. The van der Waals surface area contributed by atoms with Crippen LogP contribution in [0.5, 0.6) is 5.75 Å². The van der Waals surface area contributed by atoms with Gasteiger partial charge < -0.3 is 9.15 Å². The first-order chi connectivity index (χ1) is 11.7. The van der Waals surface area contributed by atoms with Gasteiger partial charge in [0.25, 0.3) is 5.91 Å². The van der Waals surface area contributed by atoms with E-state index in [2.05, 4.69) is 5.32 Å². The van der Waals surface area contributed by atoms with Gasteiger partial charge in [-0.25, -0.2) is 4.90 Å². The zero-order valence-electron chi connectivity index (χ0n) is 13.5. The fourth-order valence-electron chi connectivity index (χ4n) is 2.61. The lowest BCUT2D eigenvalue weighted by molar-refractivity contribution is -0.121. The van der Waals surface area contributed by atoms with Crippen molar-refractivity contribution in [3.63, 3.8) is 0 Å². The Hall–Kier alpha value is -2.60. The molecule has 0 saturated carbocycles. The van der Waals surface area contributed by atoms with Crippen molar-refractivity contribution in [2.24, 2.45) is 0 Å². The van der Waals surface area contributed by atoms with Crippen molar-refractivity contribution in [3.05, 3.63) is 48.4 Å². The Morgan fingerprint density at radius 3 is 2.71 bits per heavy atom. The third-order valence-corrected chi connectivity index (χ3v) is 3.82. The second-order valence-electron chi connectivity index (χ2n) is 5.63. The summed E-state index contributed by atoms with van der Waals surface area (Å²) in [7, 11) is 0. The number of rotatable bonds is 7. The van der Waals surface area contributed by atoms with Crippen molar-refractivity contribution >= 4 is 17.5 Å². The maximum Gasteiger partial charge on any atom is 0.251 e. The number of anilines is 1. The Balaban J connectivity index is 1.65. The molecule has 1 saturated heterocycles. The van der Waals surface area contributed by atoms with E-state index in [1.54, 1.807) is 36.6 Å². The van der Waals surface area contributed by atoms with Crippen LogP contribution in [0.1, 0.15) is 25.5 Å². The molecule has 2 aromatic rings. The van der Waals surface area contributed by atoms with Gasteiger partial charge in [0.05, 0.1) is 37.6 Å². The third kappa shape index (κ3) is 3.49. The molecule has 2 amide bonds. The first-order valence-corrected chi connectivity index (χ1v) is 8.04. The van der Waals surface area contributed by atoms with Gasteiger partial charge in [-0.2, -0.15) is 0 Å². The molecule has 2 heterocycles. The molecule has 1 fully saturated rings. The van der Waals surface area contributed by atoms with Crippen LogP contribution >= 0.6 is 0 Å². The fourth-order valence-corrected chi connectivity index (χ4v) is 2.61. The van der Waals surface area contributed by atoms with Gasteiger partial charge in [-0.1, -0.05) is 6.92 Å². The minimum absolute atomic E-state index is 0.146. The van der Waals surface area contributed by atoms with Crippen LogP contribution in [-0.4, -0.2) is 24.5 Å². The van der Waals surface area contributed by atoms with E-state index < -0.39 is 6.04 Å². The van der Waals surface area contributed by atoms with Crippen LogP contribution in [0.15, 0.2) is 47.1 Å². The molecular formula is C18H20N2O4. The number of carbonyl (C=O) groups excluding carboxylic acids is 2. The topological polar surface area (TPSA) is 71.8 Å². The highest BCUT2D eigenvalue weighted by Crippen LogP contribution is 2.25. The van der Waals surface area contributed by atoms with Crippen molar-refractivity contribution < 1.29 is 18.7 Å². The highest BCUT2D eigenvalue weighted by Gasteiger charge is 2.39. The second-order valence-corrected chi connectivity index (χ2v) is 5.63. The molecule has 0 radical (unpaired) electrons. The summed E-state index contributed by atoms with van der Waals surface area (Å²) in [6, 6.07) is 10.1. The molecule has 1 aromatic heterocycles. The number of imide groups is 1. The quantitative estimate of drug-likeness (QED) is 0.791. The SMILES string of the molecule is CCCOc1ccc(N2C(=O)C[C@@H](NCc3ccco3)C2=O)cc1. The second kappa shape index (κ2) is 7.31. The van der Waals surface area contributed by atoms with Gasteiger partial charge in [0.1, 0.15) is 11.5 Å². The van der Waals surface area contributed by atoms with Gasteiger partial charge >= 0.3 is 0 Å². The maximum atomic E-state index is 12.5. The predicted molar refractivity (Wildman–Crippen MR) is 88.7 cm³/mol. The van der Waals surface area contributed by atoms with E-state index in [1.165, 1.54) is 4.90 Å². The molecule has 6 heteroatoms. The van der Waals surface area contributed by atoms with Crippen LogP contribution in [0.2, 0.25) is 0 Å². The van der Waals surface area contributed by atoms with Gasteiger partial charge in [-0.15, -0.1) is 0 Å². The van der Waals surface area contributed by atoms with Crippen LogP contribution in [0.3, 0.4) is 0 Å². The standard InChI is InChI=1S/C18H20N2O4/c1-2-9-23-14-7-5-13(6-8-14)20-17(21)11-16(18(20)22)19-12-15-4-3-10-24-15/h3-8,10,16,19H,2,9,11-12H2,1H3/t16-/m1/s1. The smallest absolute Gasteiger partial charge is 0.251 e. The van der Waals surface area contributed by atoms with Crippen LogP contribution in [-0.2, 0) is 16.1 Å². The number of benzene rings is 1. The normalized spacial score (nSPS) is 17.5. The number of carbonyl (C=O) groups is 2. The summed E-state index contributed by atoms with van der Waals surface area (Å²) in [6.45, 7) is 3.08. The lowest BCUT2D eigenvalue weighted by Gasteiger charge is -2.16. The van der Waals surface area contributed by atoms with Crippen LogP contribution < -0.4 is 15.0 Å². The number of amides is 2. The van der Waals surface area contributed by atoms with Gasteiger partial charge in [-0.05, 0) is 42.8 Å². The van der Waals surface area contributed by atoms with E-state index >= 15 is 0 Å². The van der Waals surface area contributed by atoms with Crippen molar-refractivity contribution in [3.8, 4) is 5.75 Å². The zero-order valence-corrected chi connectivity index (χ0v) is 13.5. The Kier molecular flexibility index (Phi) is 4.96. The number of nitrogens with zero attached hydrogens (tertiary/aromatic N) is 1. The summed E-state index contributed by atoms with van der Waals surface area (Å²) < 4.78 is 10.7. The van der Waals surface area contributed by atoms with Crippen LogP contribution in [0, 0.1) is 0 Å². The Labute approximate surface area is 140 Å². The molecule has 24 heavy (non-hydrogen) atoms.